The molecule has 1 unspecified atom stereocenters. The lowest BCUT2D eigenvalue weighted by atomic mass is 10.1. The molecule has 0 saturated carbocycles. The van der Waals surface area contributed by atoms with Crippen molar-refractivity contribution in [1.82, 2.24) is 0 Å². The Labute approximate surface area is 129 Å². The van der Waals surface area contributed by atoms with Gasteiger partial charge in [-0.25, -0.2) is 0 Å². The summed E-state index contributed by atoms with van der Waals surface area (Å²) in [6.45, 7) is 2.62. The summed E-state index contributed by atoms with van der Waals surface area (Å²) in [5.74, 6) is 0.852. The minimum absolute atomic E-state index is 0.212. The number of nitrogens with zero attached hydrogens (tertiary/aromatic N) is 3. The molecular formula is C16H15N3OS. The van der Waals surface area contributed by atoms with Crippen molar-refractivity contribution in [2.75, 3.05) is 11.5 Å². The highest BCUT2D eigenvalue weighted by Crippen LogP contribution is 2.34. The second-order valence-corrected chi connectivity index (χ2v) is 4.94. The predicted molar refractivity (Wildman–Crippen MR) is 86.7 cm³/mol. The van der Waals surface area contributed by atoms with Gasteiger partial charge in [0.15, 0.2) is 6.17 Å². The first kappa shape index (κ1) is 13.7. The van der Waals surface area contributed by atoms with E-state index in [1.807, 2.05) is 66.4 Å². The highest BCUT2D eigenvalue weighted by molar-refractivity contribution is 7.80. The molecule has 1 atom stereocenters. The molecule has 3 rings (SSSR count). The van der Waals surface area contributed by atoms with Crippen molar-refractivity contribution in [3.8, 4) is 5.75 Å². The number of azo groups is 1. The van der Waals surface area contributed by atoms with Crippen LogP contribution in [0.5, 0.6) is 5.75 Å². The molecule has 1 heterocycles. The topological polar surface area (TPSA) is 37.2 Å². The standard InChI is InChI=1S/C16H15N3OS/c1-2-20-14-10-8-12(9-11-14)15-17-18-16(21)19(15)13-6-4-3-5-7-13/h3-11,15H,2H2,1H3. The SMILES string of the molecule is CCOc1ccc(C2N=NC(=S)N2c2ccccc2)cc1. The van der Waals surface area contributed by atoms with Gasteiger partial charge in [-0.05, 0) is 49.0 Å². The number of para-hydroxylation sites is 1. The second-order valence-electron chi connectivity index (χ2n) is 4.58. The van der Waals surface area contributed by atoms with Crippen LogP contribution in [0.3, 0.4) is 0 Å². The summed E-state index contributed by atoms with van der Waals surface area (Å²) in [4.78, 5) is 1.95. The lowest BCUT2D eigenvalue weighted by Crippen LogP contribution is -2.26. The maximum Gasteiger partial charge on any atom is 0.222 e. The molecule has 21 heavy (non-hydrogen) atoms. The van der Waals surface area contributed by atoms with Crippen molar-refractivity contribution in [3.63, 3.8) is 0 Å². The first-order chi connectivity index (χ1) is 10.3. The Morgan fingerprint density at radius 2 is 1.81 bits per heavy atom. The molecular weight excluding hydrogens is 282 g/mol. The maximum absolute atomic E-state index is 5.46. The fraction of sp³-hybridized carbons (Fsp3) is 0.188. The van der Waals surface area contributed by atoms with Crippen LogP contribution in [0, 0.1) is 0 Å². The van der Waals surface area contributed by atoms with Crippen molar-refractivity contribution < 1.29 is 4.74 Å². The van der Waals surface area contributed by atoms with Crippen LogP contribution >= 0.6 is 12.2 Å². The van der Waals surface area contributed by atoms with E-state index in [4.69, 9.17) is 17.0 Å². The molecule has 0 bridgehead atoms. The quantitative estimate of drug-likeness (QED) is 0.788. The van der Waals surface area contributed by atoms with Crippen LogP contribution in [0.2, 0.25) is 0 Å². The van der Waals surface area contributed by atoms with Crippen LogP contribution in [0.1, 0.15) is 18.7 Å². The average Bonchev–Trinajstić information content (AvgIpc) is 2.91. The van der Waals surface area contributed by atoms with Gasteiger partial charge in [0.2, 0.25) is 5.11 Å². The van der Waals surface area contributed by atoms with E-state index >= 15 is 0 Å². The van der Waals surface area contributed by atoms with Gasteiger partial charge < -0.3 is 4.74 Å². The molecule has 4 nitrogen and oxygen atoms in total. The van der Waals surface area contributed by atoms with E-state index < -0.39 is 0 Å². The predicted octanol–water partition coefficient (Wildman–Crippen LogP) is 4.34. The first-order valence-electron chi connectivity index (χ1n) is 6.81. The van der Waals surface area contributed by atoms with Crippen molar-refractivity contribution >= 4 is 23.0 Å². The molecule has 0 spiro atoms. The number of benzene rings is 2. The summed E-state index contributed by atoms with van der Waals surface area (Å²) < 4.78 is 5.46. The fourth-order valence-electron chi connectivity index (χ4n) is 2.27. The molecule has 0 N–H and O–H groups in total. The highest BCUT2D eigenvalue weighted by Gasteiger charge is 2.29. The summed E-state index contributed by atoms with van der Waals surface area (Å²) in [7, 11) is 0. The summed E-state index contributed by atoms with van der Waals surface area (Å²) >= 11 is 5.31. The maximum atomic E-state index is 5.46. The van der Waals surface area contributed by atoms with Crippen molar-refractivity contribution in [2.24, 2.45) is 10.2 Å². The van der Waals surface area contributed by atoms with Crippen LogP contribution in [-0.2, 0) is 0 Å². The summed E-state index contributed by atoms with van der Waals surface area (Å²) in [6, 6.07) is 17.8. The molecule has 0 fully saturated rings. The largest absolute Gasteiger partial charge is 0.494 e. The number of rotatable bonds is 4. The minimum atomic E-state index is -0.212. The van der Waals surface area contributed by atoms with E-state index in [9.17, 15) is 0 Å². The number of anilines is 1. The highest BCUT2D eigenvalue weighted by atomic mass is 32.1. The minimum Gasteiger partial charge on any atom is -0.494 e. The lowest BCUT2D eigenvalue weighted by molar-refractivity contribution is 0.340. The Morgan fingerprint density at radius 1 is 1.10 bits per heavy atom. The third-order valence-corrected chi connectivity index (χ3v) is 3.51. The molecule has 0 amide bonds. The third-order valence-electron chi connectivity index (χ3n) is 3.23. The van der Waals surface area contributed by atoms with Crippen LogP contribution < -0.4 is 9.64 Å². The third kappa shape index (κ3) is 2.78. The van der Waals surface area contributed by atoms with Gasteiger partial charge in [-0.3, -0.25) is 4.90 Å². The zero-order valence-corrected chi connectivity index (χ0v) is 12.5. The van der Waals surface area contributed by atoms with Gasteiger partial charge >= 0.3 is 0 Å². The van der Waals surface area contributed by atoms with Gasteiger partial charge in [-0.15, -0.1) is 5.11 Å². The molecule has 106 valence electrons. The van der Waals surface area contributed by atoms with Gasteiger partial charge in [0, 0.05) is 5.69 Å². The van der Waals surface area contributed by atoms with E-state index in [0.717, 1.165) is 17.0 Å². The molecule has 0 saturated heterocycles. The number of hydrogen-bond donors (Lipinski definition) is 0. The zero-order chi connectivity index (χ0) is 14.7. The van der Waals surface area contributed by atoms with Gasteiger partial charge in [0.1, 0.15) is 5.75 Å². The first-order valence-corrected chi connectivity index (χ1v) is 7.22. The normalized spacial score (nSPS) is 17.3. The van der Waals surface area contributed by atoms with E-state index in [1.165, 1.54) is 0 Å². The summed E-state index contributed by atoms with van der Waals surface area (Å²) in [5.41, 5.74) is 2.03. The summed E-state index contributed by atoms with van der Waals surface area (Å²) in [5, 5.41) is 8.84. The monoisotopic (exact) mass is 297 g/mol. The molecule has 2 aromatic rings. The Bertz CT molecular complexity index is 655. The van der Waals surface area contributed by atoms with Crippen molar-refractivity contribution in [3.05, 3.63) is 60.2 Å². The van der Waals surface area contributed by atoms with E-state index in [1.54, 1.807) is 0 Å². The molecule has 1 aliphatic rings. The smallest absolute Gasteiger partial charge is 0.222 e. The van der Waals surface area contributed by atoms with Gasteiger partial charge in [0.25, 0.3) is 0 Å². The number of ether oxygens (including phenoxy) is 1. The van der Waals surface area contributed by atoms with Crippen LogP contribution in [0.4, 0.5) is 5.69 Å². The Hall–Kier alpha value is -2.27. The van der Waals surface area contributed by atoms with Crippen LogP contribution in [0.15, 0.2) is 64.8 Å². The van der Waals surface area contributed by atoms with E-state index in [2.05, 4.69) is 10.2 Å². The fourth-order valence-corrected chi connectivity index (χ4v) is 2.52. The Kier molecular flexibility index (Phi) is 3.92. The van der Waals surface area contributed by atoms with Crippen molar-refractivity contribution in [1.29, 1.82) is 0 Å². The van der Waals surface area contributed by atoms with E-state index in [0.29, 0.717) is 11.7 Å². The van der Waals surface area contributed by atoms with Crippen molar-refractivity contribution in [2.45, 2.75) is 13.1 Å². The summed E-state index contributed by atoms with van der Waals surface area (Å²) in [6.07, 6.45) is -0.212. The average molecular weight is 297 g/mol. The molecule has 1 aliphatic heterocycles. The van der Waals surface area contributed by atoms with E-state index in [-0.39, 0.29) is 6.17 Å². The molecule has 0 aromatic heterocycles. The second kappa shape index (κ2) is 6.01. The molecule has 0 radical (unpaired) electrons. The van der Waals surface area contributed by atoms with Gasteiger partial charge in [-0.1, -0.05) is 30.3 Å². The Morgan fingerprint density at radius 3 is 2.48 bits per heavy atom. The van der Waals surface area contributed by atoms with Crippen LogP contribution in [-0.4, -0.2) is 11.7 Å². The zero-order valence-electron chi connectivity index (χ0n) is 11.6. The molecule has 2 aromatic carbocycles. The Balaban J connectivity index is 1.89. The lowest BCUT2D eigenvalue weighted by Gasteiger charge is -2.23. The van der Waals surface area contributed by atoms with Gasteiger partial charge in [0.05, 0.1) is 6.61 Å². The van der Waals surface area contributed by atoms with Crippen LogP contribution in [0.25, 0.3) is 0 Å². The number of hydrogen-bond acceptors (Lipinski definition) is 3. The molecule has 5 heteroatoms. The molecule has 0 aliphatic carbocycles. The number of thiocarbonyl (C=S) groups is 1. The van der Waals surface area contributed by atoms with Gasteiger partial charge in [-0.2, -0.15) is 5.11 Å².